The fourth-order valence-electron chi connectivity index (χ4n) is 3.21. The van der Waals surface area contributed by atoms with Crippen molar-refractivity contribution in [3.63, 3.8) is 0 Å². The fraction of sp³-hybridized carbons (Fsp3) is 0.250. The van der Waals surface area contributed by atoms with Crippen molar-refractivity contribution in [2.24, 2.45) is 0 Å². The van der Waals surface area contributed by atoms with Crippen molar-refractivity contribution in [2.45, 2.75) is 32.5 Å². The molecule has 4 aromatic rings. The summed E-state index contributed by atoms with van der Waals surface area (Å²) < 4.78 is 45.8. The largest absolute Gasteiger partial charge is 0.453 e. The second-order valence-corrected chi connectivity index (χ2v) is 6.71. The van der Waals surface area contributed by atoms with Crippen LogP contribution in [0.3, 0.4) is 0 Å². The molecule has 0 aliphatic heterocycles. The molecule has 6 nitrogen and oxygen atoms in total. The highest BCUT2D eigenvalue weighted by Gasteiger charge is 2.33. The lowest BCUT2D eigenvalue weighted by molar-refractivity contribution is -0.138. The maximum atomic E-state index is 13.4. The van der Waals surface area contributed by atoms with Gasteiger partial charge in [-0.25, -0.2) is 5.10 Å². The van der Waals surface area contributed by atoms with E-state index in [1.165, 1.54) is 6.07 Å². The zero-order valence-corrected chi connectivity index (χ0v) is 15.5. The Morgan fingerprint density at radius 3 is 2.69 bits per heavy atom. The van der Waals surface area contributed by atoms with Crippen molar-refractivity contribution < 1.29 is 17.6 Å². The van der Waals surface area contributed by atoms with E-state index in [2.05, 4.69) is 25.9 Å². The van der Waals surface area contributed by atoms with Crippen molar-refractivity contribution in [3.8, 4) is 11.6 Å². The monoisotopic (exact) mass is 401 g/mol. The molecule has 2 heterocycles. The lowest BCUT2D eigenvalue weighted by Gasteiger charge is -2.15. The first-order valence-electron chi connectivity index (χ1n) is 9.14. The number of rotatable bonds is 6. The van der Waals surface area contributed by atoms with Gasteiger partial charge in [0.25, 0.3) is 0 Å². The van der Waals surface area contributed by atoms with Crippen molar-refractivity contribution in [1.82, 2.24) is 20.6 Å². The molecule has 0 fully saturated rings. The van der Waals surface area contributed by atoms with Crippen LogP contribution in [0.5, 0.6) is 0 Å². The maximum Gasteiger partial charge on any atom is 0.416 e. The zero-order valence-electron chi connectivity index (χ0n) is 15.5. The number of anilines is 1. The molecule has 0 saturated heterocycles. The van der Waals surface area contributed by atoms with Gasteiger partial charge in [-0.3, -0.25) is 0 Å². The van der Waals surface area contributed by atoms with Gasteiger partial charge in [-0.1, -0.05) is 31.5 Å². The van der Waals surface area contributed by atoms with E-state index in [1.807, 2.05) is 31.2 Å². The highest BCUT2D eigenvalue weighted by molar-refractivity contribution is 5.82. The summed E-state index contributed by atoms with van der Waals surface area (Å²) in [5, 5.41) is 17.4. The van der Waals surface area contributed by atoms with Gasteiger partial charge in [0.05, 0.1) is 5.56 Å². The van der Waals surface area contributed by atoms with E-state index in [4.69, 9.17) is 4.42 Å². The number of tetrazole rings is 1. The van der Waals surface area contributed by atoms with Gasteiger partial charge in [0, 0.05) is 17.6 Å². The second-order valence-electron chi connectivity index (χ2n) is 6.71. The molecule has 29 heavy (non-hydrogen) atoms. The molecule has 2 N–H and O–H groups in total. The topological polar surface area (TPSA) is 79.6 Å². The molecule has 0 bridgehead atoms. The van der Waals surface area contributed by atoms with E-state index in [0.29, 0.717) is 47.8 Å². The third kappa shape index (κ3) is 4.08. The Kier molecular flexibility index (Phi) is 4.96. The Morgan fingerprint density at radius 2 is 1.97 bits per heavy atom. The first-order chi connectivity index (χ1) is 13.9. The summed E-state index contributed by atoms with van der Waals surface area (Å²) >= 11 is 0. The number of nitrogens with one attached hydrogen (secondary N) is 2. The lowest BCUT2D eigenvalue weighted by atomic mass is 10.0. The molecular formula is C20H18F3N5O. The number of hydrogen-bond acceptors (Lipinski definition) is 5. The van der Waals surface area contributed by atoms with Gasteiger partial charge >= 0.3 is 6.18 Å². The van der Waals surface area contributed by atoms with Crippen molar-refractivity contribution >= 4 is 16.7 Å². The van der Waals surface area contributed by atoms with E-state index in [-0.39, 0.29) is 0 Å². The summed E-state index contributed by atoms with van der Waals surface area (Å²) in [6.07, 6.45) is -3.32. The van der Waals surface area contributed by atoms with Crippen LogP contribution in [0.2, 0.25) is 0 Å². The van der Waals surface area contributed by atoms with Crippen molar-refractivity contribution in [2.75, 3.05) is 5.32 Å². The summed E-state index contributed by atoms with van der Waals surface area (Å²) in [7, 11) is 0. The second kappa shape index (κ2) is 7.57. The quantitative estimate of drug-likeness (QED) is 0.464. The number of hydrogen-bond donors (Lipinski definition) is 2. The summed E-state index contributed by atoms with van der Waals surface area (Å²) in [5.74, 6) is 0.934. The van der Waals surface area contributed by atoms with Gasteiger partial charge in [0.2, 0.25) is 5.82 Å². The molecule has 4 rings (SSSR count). The number of fused-ring (bicyclic) bond motifs is 1. The Labute approximate surface area is 164 Å². The van der Waals surface area contributed by atoms with Gasteiger partial charge in [-0.15, -0.1) is 5.10 Å². The average Bonchev–Trinajstić information content (AvgIpc) is 3.35. The number of benzene rings is 2. The number of aromatic nitrogens is 4. The number of furan rings is 1. The molecule has 0 saturated carbocycles. The van der Waals surface area contributed by atoms with Gasteiger partial charge < -0.3 is 9.73 Å². The Hall–Kier alpha value is -3.36. The smallest absolute Gasteiger partial charge is 0.416 e. The summed E-state index contributed by atoms with van der Waals surface area (Å²) in [6.45, 7) is 2.22. The van der Waals surface area contributed by atoms with E-state index >= 15 is 0 Å². The molecule has 2 aromatic carbocycles. The van der Waals surface area contributed by atoms with Crippen LogP contribution in [-0.4, -0.2) is 20.6 Å². The third-order valence-electron chi connectivity index (χ3n) is 4.59. The predicted molar refractivity (Wildman–Crippen MR) is 102 cm³/mol. The molecule has 0 unspecified atom stereocenters. The predicted octanol–water partition coefficient (Wildman–Crippen LogP) is 5.20. The number of alkyl halides is 3. The van der Waals surface area contributed by atoms with Gasteiger partial charge in [-0.2, -0.15) is 13.2 Å². The molecule has 0 radical (unpaired) electrons. The highest BCUT2D eigenvalue weighted by atomic mass is 19.4. The average molecular weight is 401 g/mol. The normalized spacial score (nSPS) is 11.9. The third-order valence-corrected chi connectivity index (χ3v) is 4.59. The molecule has 2 aromatic heterocycles. The minimum atomic E-state index is -4.37. The van der Waals surface area contributed by atoms with E-state index in [0.717, 1.165) is 10.9 Å². The number of aromatic amines is 1. The number of H-pyrrole nitrogens is 1. The molecule has 0 spiro atoms. The molecule has 0 atom stereocenters. The number of aryl methyl sites for hydroxylation is 1. The van der Waals surface area contributed by atoms with Crippen LogP contribution in [0.15, 0.2) is 46.9 Å². The zero-order chi connectivity index (χ0) is 20.4. The van der Waals surface area contributed by atoms with Crippen LogP contribution < -0.4 is 5.32 Å². The van der Waals surface area contributed by atoms with Crippen LogP contribution in [0, 0.1) is 0 Å². The molecular weight excluding hydrogens is 383 g/mol. The van der Waals surface area contributed by atoms with Crippen molar-refractivity contribution in [1.29, 1.82) is 0 Å². The van der Waals surface area contributed by atoms with E-state index < -0.39 is 11.7 Å². The van der Waals surface area contributed by atoms with Crippen LogP contribution in [0.25, 0.3) is 22.6 Å². The molecule has 0 amide bonds. The molecule has 0 aliphatic rings. The summed E-state index contributed by atoms with van der Waals surface area (Å²) in [6, 6.07) is 11.8. The standard InChI is InChI=1S/C20H18F3N5O/c1-2-3-13-6-7-15(10-16(13)20(21,22)23)24-11-12-4-5-14-9-18(29-17(14)8-12)19-25-27-28-26-19/h4-10,24H,2-3,11H2,1H3,(H,25,26,27,28). The molecule has 0 aliphatic carbocycles. The molecule has 9 heteroatoms. The SMILES string of the molecule is CCCc1ccc(NCc2ccc3cc(-c4nnn[nH]4)oc3c2)cc1C(F)(F)F. The van der Waals surface area contributed by atoms with Gasteiger partial charge in [0.1, 0.15) is 5.58 Å². The van der Waals surface area contributed by atoms with Gasteiger partial charge in [-0.05, 0) is 52.2 Å². The Morgan fingerprint density at radius 1 is 1.10 bits per heavy atom. The first kappa shape index (κ1) is 19.0. The Bertz CT molecular complexity index is 1120. The van der Waals surface area contributed by atoms with Crippen LogP contribution >= 0.6 is 0 Å². The first-order valence-corrected chi connectivity index (χ1v) is 9.14. The van der Waals surface area contributed by atoms with Gasteiger partial charge in [0.15, 0.2) is 5.76 Å². The number of halogens is 3. The van der Waals surface area contributed by atoms with Crippen LogP contribution in [0.1, 0.15) is 30.0 Å². The number of nitrogens with zero attached hydrogens (tertiary/aromatic N) is 3. The highest BCUT2D eigenvalue weighted by Crippen LogP contribution is 2.34. The maximum absolute atomic E-state index is 13.4. The lowest BCUT2D eigenvalue weighted by Crippen LogP contribution is -2.10. The van der Waals surface area contributed by atoms with Crippen molar-refractivity contribution in [3.05, 3.63) is 59.2 Å². The van der Waals surface area contributed by atoms with Crippen LogP contribution in [-0.2, 0) is 19.1 Å². The Balaban J connectivity index is 1.53. The van der Waals surface area contributed by atoms with E-state index in [9.17, 15) is 13.2 Å². The minimum absolute atomic E-state index is 0.317. The minimum Gasteiger partial charge on any atom is -0.453 e. The summed E-state index contributed by atoms with van der Waals surface area (Å²) in [4.78, 5) is 0. The summed E-state index contributed by atoms with van der Waals surface area (Å²) in [5.41, 5.74) is 1.67. The fourth-order valence-corrected chi connectivity index (χ4v) is 3.21. The van der Waals surface area contributed by atoms with E-state index in [1.54, 1.807) is 12.1 Å². The van der Waals surface area contributed by atoms with Crippen LogP contribution in [0.4, 0.5) is 18.9 Å². The molecule has 150 valence electrons.